The molecule has 3 rings (SSSR count). The number of benzene rings is 1. The fraction of sp³-hybridized carbons (Fsp3) is 0.412. The van der Waals surface area contributed by atoms with Gasteiger partial charge >= 0.3 is 0 Å². The fourth-order valence-electron chi connectivity index (χ4n) is 2.73. The molecule has 6 heteroatoms. The van der Waals surface area contributed by atoms with E-state index in [0.29, 0.717) is 23.0 Å². The van der Waals surface area contributed by atoms with Crippen LogP contribution >= 0.6 is 11.3 Å². The predicted octanol–water partition coefficient (Wildman–Crippen LogP) is 4.12. The molecule has 1 aromatic heterocycles. The number of carbonyl (C=O) groups excluding carboxylic acids is 1. The number of nitrogens with zero attached hydrogens (tertiary/aromatic N) is 1. The molecule has 0 fully saturated rings. The molecule has 1 aliphatic carbocycles. The molecule has 1 unspecified atom stereocenters. The second-order valence-electron chi connectivity index (χ2n) is 6.03. The molecule has 1 aromatic carbocycles. The van der Waals surface area contributed by atoms with Crippen molar-refractivity contribution in [3.8, 4) is 0 Å². The van der Waals surface area contributed by atoms with Gasteiger partial charge < -0.3 is 5.32 Å². The number of aryl methyl sites for hydroxylation is 2. The van der Waals surface area contributed by atoms with Crippen LogP contribution in [-0.4, -0.2) is 10.9 Å². The van der Waals surface area contributed by atoms with Crippen molar-refractivity contribution in [2.45, 2.75) is 39.0 Å². The van der Waals surface area contributed by atoms with E-state index in [1.165, 1.54) is 10.9 Å². The van der Waals surface area contributed by atoms with Crippen molar-refractivity contribution in [1.82, 2.24) is 4.98 Å². The lowest BCUT2D eigenvalue weighted by Crippen LogP contribution is -2.12. The molecule has 0 bridgehead atoms. The lowest BCUT2D eigenvalue weighted by atomic mass is 9.93. The summed E-state index contributed by atoms with van der Waals surface area (Å²) in [7, 11) is 0. The van der Waals surface area contributed by atoms with Crippen LogP contribution in [0.4, 0.5) is 13.9 Å². The largest absolute Gasteiger partial charge is 0.302 e. The quantitative estimate of drug-likeness (QED) is 0.913. The van der Waals surface area contributed by atoms with E-state index in [-0.39, 0.29) is 12.3 Å². The lowest BCUT2D eigenvalue weighted by Gasteiger charge is -2.15. The molecule has 0 radical (unpaired) electrons. The van der Waals surface area contributed by atoms with Crippen molar-refractivity contribution in [3.05, 3.63) is 46.0 Å². The first-order valence-electron chi connectivity index (χ1n) is 7.73. The Morgan fingerprint density at radius 1 is 1.39 bits per heavy atom. The van der Waals surface area contributed by atoms with Crippen LogP contribution in [-0.2, 0) is 24.1 Å². The Labute approximate surface area is 137 Å². The number of nitrogens with one attached hydrogen (secondary N) is 1. The lowest BCUT2D eigenvalue weighted by molar-refractivity contribution is -0.116. The van der Waals surface area contributed by atoms with Crippen molar-refractivity contribution in [3.63, 3.8) is 0 Å². The van der Waals surface area contributed by atoms with Crippen LogP contribution in [0, 0.1) is 17.6 Å². The van der Waals surface area contributed by atoms with Crippen LogP contribution in [0.15, 0.2) is 18.2 Å². The molecule has 1 atom stereocenters. The van der Waals surface area contributed by atoms with Gasteiger partial charge in [-0.1, -0.05) is 13.0 Å². The van der Waals surface area contributed by atoms with Gasteiger partial charge in [-0.05, 0) is 49.3 Å². The molecular weight excluding hydrogens is 318 g/mol. The number of anilines is 1. The Kier molecular flexibility index (Phi) is 4.71. The zero-order valence-corrected chi connectivity index (χ0v) is 13.7. The number of hydrogen-bond donors (Lipinski definition) is 1. The zero-order chi connectivity index (χ0) is 16.4. The monoisotopic (exact) mass is 336 g/mol. The first-order valence-corrected chi connectivity index (χ1v) is 8.55. The summed E-state index contributed by atoms with van der Waals surface area (Å²) in [6, 6.07) is 3.71. The number of aromatic nitrogens is 1. The van der Waals surface area contributed by atoms with E-state index >= 15 is 0 Å². The van der Waals surface area contributed by atoms with Crippen LogP contribution in [0.25, 0.3) is 0 Å². The highest BCUT2D eigenvalue weighted by Crippen LogP contribution is 2.32. The third-order valence-corrected chi connectivity index (χ3v) is 5.09. The van der Waals surface area contributed by atoms with Gasteiger partial charge in [-0.25, -0.2) is 13.8 Å². The van der Waals surface area contributed by atoms with E-state index in [1.807, 2.05) is 0 Å². The van der Waals surface area contributed by atoms with Gasteiger partial charge in [0.1, 0.15) is 0 Å². The smallest absolute Gasteiger partial charge is 0.226 e. The minimum Gasteiger partial charge on any atom is -0.302 e. The molecule has 122 valence electrons. The maximum absolute atomic E-state index is 13.1. The van der Waals surface area contributed by atoms with E-state index in [1.54, 1.807) is 11.3 Å². The van der Waals surface area contributed by atoms with Gasteiger partial charge in [-0.3, -0.25) is 4.79 Å². The summed E-state index contributed by atoms with van der Waals surface area (Å²) in [5, 5.41) is 3.45. The third-order valence-electron chi connectivity index (χ3n) is 4.06. The van der Waals surface area contributed by atoms with Gasteiger partial charge in [-0.2, -0.15) is 0 Å². The molecule has 1 heterocycles. The molecule has 1 amide bonds. The number of carbonyl (C=O) groups is 1. The van der Waals surface area contributed by atoms with Gasteiger partial charge in [-0.15, -0.1) is 11.3 Å². The summed E-state index contributed by atoms with van der Waals surface area (Å²) >= 11 is 1.54. The molecular formula is C17H18F2N2OS. The molecule has 3 nitrogen and oxygen atoms in total. The number of fused-ring (bicyclic) bond motifs is 1. The van der Waals surface area contributed by atoms with Gasteiger partial charge in [0.05, 0.1) is 5.69 Å². The average Bonchev–Trinajstić information content (AvgIpc) is 2.89. The minimum atomic E-state index is -0.885. The SMILES string of the molecule is CC1CCc2nc(NC(=O)CCc3ccc(F)c(F)c3)sc2C1. The van der Waals surface area contributed by atoms with E-state index in [4.69, 9.17) is 0 Å². The Bertz CT molecular complexity index is 729. The van der Waals surface area contributed by atoms with Crippen LogP contribution in [0.5, 0.6) is 0 Å². The number of amides is 1. The number of halogens is 2. The van der Waals surface area contributed by atoms with E-state index < -0.39 is 11.6 Å². The fourth-order valence-corrected chi connectivity index (χ4v) is 3.92. The Hall–Kier alpha value is -1.82. The molecule has 2 aromatic rings. The molecule has 1 aliphatic rings. The van der Waals surface area contributed by atoms with E-state index in [0.717, 1.165) is 37.1 Å². The highest BCUT2D eigenvalue weighted by atomic mass is 32.1. The summed E-state index contributed by atoms with van der Waals surface area (Å²) in [4.78, 5) is 17.7. The van der Waals surface area contributed by atoms with Crippen LogP contribution in [0.1, 0.15) is 35.9 Å². The molecule has 1 N–H and O–H groups in total. The summed E-state index contributed by atoms with van der Waals surface area (Å²) in [6.45, 7) is 2.22. The highest BCUT2D eigenvalue weighted by molar-refractivity contribution is 7.15. The van der Waals surface area contributed by atoms with Crippen molar-refractivity contribution < 1.29 is 13.6 Å². The standard InChI is InChI=1S/C17H18F2N2OS/c1-10-2-6-14-15(8-10)23-17(20-14)21-16(22)7-4-11-3-5-12(18)13(19)9-11/h3,5,9-10H,2,4,6-8H2,1H3,(H,20,21,22). The minimum absolute atomic E-state index is 0.158. The Morgan fingerprint density at radius 2 is 2.22 bits per heavy atom. The zero-order valence-electron chi connectivity index (χ0n) is 12.9. The topological polar surface area (TPSA) is 42.0 Å². The molecule has 0 aliphatic heterocycles. The van der Waals surface area contributed by atoms with Crippen molar-refractivity contribution >= 4 is 22.4 Å². The van der Waals surface area contributed by atoms with E-state index in [2.05, 4.69) is 17.2 Å². The first-order chi connectivity index (χ1) is 11.0. The maximum Gasteiger partial charge on any atom is 0.226 e. The summed E-state index contributed by atoms with van der Waals surface area (Å²) in [6.07, 6.45) is 3.71. The highest BCUT2D eigenvalue weighted by Gasteiger charge is 2.20. The predicted molar refractivity (Wildman–Crippen MR) is 86.6 cm³/mol. The normalized spacial score (nSPS) is 16.9. The van der Waals surface area contributed by atoms with Gasteiger partial charge in [0.2, 0.25) is 5.91 Å². The van der Waals surface area contributed by atoms with Gasteiger partial charge in [0.25, 0.3) is 0 Å². The summed E-state index contributed by atoms with van der Waals surface area (Å²) in [5.74, 6) is -1.25. The number of hydrogen-bond acceptors (Lipinski definition) is 3. The summed E-state index contributed by atoms with van der Waals surface area (Å²) in [5.41, 5.74) is 1.70. The first kappa shape index (κ1) is 16.1. The van der Waals surface area contributed by atoms with Crippen LogP contribution in [0.3, 0.4) is 0 Å². The average molecular weight is 336 g/mol. The van der Waals surface area contributed by atoms with Crippen molar-refractivity contribution in [1.29, 1.82) is 0 Å². The molecule has 0 saturated heterocycles. The Morgan fingerprint density at radius 3 is 3.00 bits per heavy atom. The number of rotatable bonds is 4. The third kappa shape index (κ3) is 3.93. The molecule has 23 heavy (non-hydrogen) atoms. The second-order valence-corrected chi connectivity index (χ2v) is 7.12. The van der Waals surface area contributed by atoms with Crippen LogP contribution in [0.2, 0.25) is 0 Å². The second kappa shape index (κ2) is 6.74. The molecule has 0 saturated carbocycles. The maximum atomic E-state index is 13.1. The summed E-state index contributed by atoms with van der Waals surface area (Å²) < 4.78 is 26.0. The Balaban J connectivity index is 1.56. The van der Waals surface area contributed by atoms with Gasteiger partial charge in [0, 0.05) is 11.3 Å². The van der Waals surface area contributed by atoms with Crippen molar-refractivity contribution in [2.75, 3.05) is 5.32 Å². The molecule has 0 spiro atoms. The van der Waals surface area contributed by atoms with E-state index in [9.17, 15) is 13.6 Å². The number of thiazole rings is 1. The van der Waals surface area contributed by atoms with Crippen LogP contribution < -0.4 is 5.32 Å². The van der Waals surface area contributed by atoms with Gasteiger partial charge in [0.15, 0.2) is 16.8 Å². The van der Waals surface area contributed by atoms with Crippen molar-refractivity contribution in [2.24, 2.45) is 5.92 Å².